The first kappa shape index (κ1) is 14.3. The van der Waals surface area contributed by atoms with Crippen LogP contribution in [0.3, 0.4) is 0 Å². The number of hydrogen-bond acceptors (Lipinski definition) is 4. The van der Waals surface area contributed by atoms with Crippen molar-refractivity contribution < 1.29 is 13.2 Å². The molecule has 0 bridgehead atoms. The maximum Gasteiger partial charge on any atom is 0.179 e. The zero-order valence-electron chi connectivity index (χ0n) is 11.5. The van der Waals surface area contributed by atoms with Crippen molar-refractivity contribution in [2.45, 2.75) is 36.0 Å². The van der Waals surface area contributed by atoms with Gasteiger partial charge in [0.1, 0.15) is 10.6 Å². The summed E-state index contributed by atoms with van der Waals surface area (Å²) >= 11 is 0. The van der Waals surface area contributed by atoms with Crippen molar-refractivity contribution in [2.24, 2.45) is 5.73 Å². The summed E-state index contributed by atoms with van der Waals surface area (Å²) in [4.78, 5) is 0.310. The van der Waals surface area contributed by atoms with Crippen molar-refractivity contribution >= 4 is 9.84 Å². The molecule has 0 radical (unpaired) electrons. The molecule has 1 aromatic rings. The molecule has 0 aromatic heterocycles. The highest BCUT2D eigenvalue weighted by Gasteiger charge is 2.38. The van der Waals surface area contributed by atoms with Gasteiger partial charge in [0, 0.05) is 18.2 Å². The molecule has 2 N–H and O–H groups in total. The van der Waals surface area contributed by atoms with E-state index in [-0.39, 0.29) is 5.41 Å². The number of hydrogen-bond donors (Lipinski definition) is 1. The van der Waals surface area contributed by atoms with Crippen LogP contribution in [0.4, 0.5) is 0 Å². The van der Waals surface area contributed by atoms with E-state index in [0.29, 0.717) is 17.2 Å². The number of sulfone groups is 1. The molecular formula is C14H21NO3S. The minimum Gasteiger partial charge on any atom is -0.495 e. The van der Waals surface area contributed by atoms with E-state index in [0.717, 1.165) is 31.2 Å². The second-order valence-electron chi connectivity index (χ2n) is 5.30. The molecule has 1 aromatic carbocycles. The van der Waals surface area contributed by atoms with Crippen LogP contribution in [-0.4, -0.2) is 28.3 Å². The molecule has 5 heteroatoms. The van der Waals surface area contributed by atoms with Gasteiger partial charge in [0.25, 0.3) is 0 Å². The normalized spacial score (nSPS) is 18.5. The Morgan fingerprint density at radius 1 is 1.32 bits per heavy atom. The summed E-state index contributed by atoms with van der Waals surface area (Å²) in [5.74, 6) is 0.416. The average molecular weight is 283 g/mol. The highest BCUT2D eigenvalue weighted by atomic mass is 32.2. The molecule has 2 rings (SSSR count). The molecule has 0 heterocycles. The molecular weight excluding hydrogens is 262 g/mol. The fourth-order valence-electron chi connectivity index (χ4n) is 3.11. The topological polar surface area (TPSA) is 69.4 Å². The van der Waals surface area contributed by atoms with Gasteiger partial charge in [0.15, 0.2) is 9.84 Å². The van der Waals surface area contributed by atoms with Crippen LogP contribution in [-0.2, 0) is 15.3 Å². The molecule has 0 spiro atoms. The molecule has 1 aliphatic rings. The molecule has 19 heavy (non-hydrogen) atoms. The Balaban J connectivity index is 2.70. The van der Waals surface area contributed by atoms with Gasteiger partial charge in [-0.25, -0.2) is 8.42 Å². The van der Waals surface area contributed by atoms with Gasteiger partial charge >= 0.3 is 0 Å². The van der Waals surface area contributed by atoms with Crippen LogP contribution < -0.4 is 10.5 Å². The third-order valence-corrected chi connectivity index (χ3v) is 5.26. The third-order valence-electron chi connectivity index (χ3n) is 4.09. The summed E-state index contributed by atoms with van der Waals surface area (Å²) in [7, 11) is -1.84. The smallest absolute Gasteiger partial charge is 0.179 e. The van der Waals surface area contributed by atoms with E-state index >= 15 is 0 Å². The molecule has 1 fully saturated rings. The molecule has 0 saturated heterocycles. The summed E-state index contributed by atoms with van der Waals surface area (Å²) in [5.41, 5.74) is 6.58. The highest BCUT2D eigenvalue weighted by molar-refractivity contribution is 7.90. The minimum atomic E-state index is -3.34. The summed E-state index contributed by atoms with van der Waals surface area (Å²) in [6.45, 7) is 0.475. The zero-order chi connectivity index (χ0) is 14.1. The van der Waals surface area contributed by atoms with Gasteiger partial charge in [-0.1, -0.05) is 25.0 Å². The third kappa shape index (κ3) is 2.49. The van der Waals surface area contributed by atoms with Crippen LogP contribution in [0.5, 0.6) is 5.75 Å². The quantitative estimate of drug-likeness (QED) is 0.916. The van der Waals surface area contributed by atoms with Crippen LogP contribution in [0.25, 0.3) is 0 Å². The van der Waals surface area contributed by atoms with E-state index in [1.54, 1.807) is 6.07 Å². The lowest BCUT2D eigenvalue weighted by Crippen LogP contribution is -2.33. The first-order valence-electron chi connectivity index (χ1n) is 6.52. The number of ether oxygens (including phenoxy) is 1. The van der Waals surface area contributed by atoms with Crippen LogP contribution >= 0.6 is 0 Å². The number of nitrogens with two attached hydrogens (primary N) is 1. The van der Waals surface area contributed by atoms with Crippen LogP contribution in [0.1, 0.15) is 31.2 Å². The standard InChI is InChI=1S/C14H21NO3S/c1-18-12-7-5-6-11(13(12)19(2,16)17)14(10-15)8-3-4-9-14/h5-7H,3-4,8-10,15H2,1-2H3. The Hall–Kier alpha value is -1.07. The molecule has 106 valence electrons. The van der Waals surface area contributed by atoms with Gasteiger partial charge in [-0.2, -0.15) is 0 Å². The van der Waals surface area contributed by atoms with Gasteiger partial charge in [-0.05, 0) is 24.5 Å². The summed E-state index contributed by atoms with van der Waals surface area (Å²) in [6.07, 6.45) is 5.31. The summed E-state index contributed by atoms with van der Waals surface area (Å²) < 4.78 is 29.5. The van der Waals surface area contributed by atoms with Gasteiger partial charge in [-0.15, -0.1) is 0 Å². The largest absolute Gasteiger partial charge is 0.495 e. The van der Waals surface area contributed by atoms with E-state index < -0.39 is 9.84 Å². The maximum atomic E-state index is 12.1. The lowest BCUT2D eigenvalue weighted by atomic mass is 9.79. The fraction of sp³-hybridized carbons (Fsp3) is 0.571. The lowest BCUT2D eigenvalue weighted by Gasteiger charge is -2.30. The van der Waals surface area contributed by atoms with Crippen molar-refractivity contribution in [2.75, 3.05) is 19.9 Å². The molecule has 0 amide bonds. The van der Waals surface area contributed by atoms with E-state index in [1.165, 1.54) is 13.4 Å². The SMILES string of the molecule is COc1cccc(C2(CN)CCCC2)c1S(C)(=O)=O. The monoisotopic (exact) mass is 283 g/mol. The van der Waals surface area contributed by atoms with Crippen molar-refractivity contribution in [1.29, 1.82) is 0 Å². The lowest BCUT2D eigenvalue weighted by molar-refractivity contribution is 0.390. The van der Waals surface area contributed by atoms with Gasteiger partial charge in [0.2, 0.25) is 0 Å². The second-order valence-corrected chi connectivity index (χ2v) is 7.25. The first-order chi connectivity index (χ1) is 8.94. The van der Waals surface area contributed by atoms with Crippen LogP contribution in [0, 0.1) is 0 Å². The Morgan fingerprint density at radius 3 is 2.42 bits per heavy atom. The maximum absolute atomic E-state index is 12.1. The molecule has 4 nitrogen and oxygen atoms in total. The van der Waals surface area contributed by atoms with E-state index in [4.69, 9.17) is 10.5 Å². The number of methoxy groups -OCH3 is 1. The average Bonchev–Trinajstić information content (AvgIpc) is 2.86. The summed E-state index contributed by atoms with van der Waals surface area (Å²) in [6, 6.07) is 5.43. The molecule has 0 unspecified atom stereocenters. The van der Waals surface area contributed by atoms with Crippen LogP contribution in [0.2, 0.25) is 0 Å². The number of benzene rings is 1. The summed E-state index contributed by atoms with van der Waals surface area (Å²) in [5, 5.41) is 0. The Kier molecular flexibility index (Phi) is 3.87. The Morgan fingerprint density at radius 2 is 1.95 bits per heavy atom. The van der Waals surface area contributed by atoms with Gasteiger partial charge in [0.05, 0.1) is 7.11 Å². The van der Waals surface area contributed by atoms with Crippen molar-refractivity contribution in [1.82, 2.24) is 0 Å². The van der Waals surface area contributed by atoms with Crippen molar-refractivity contribution in [3.05, 3.63) is 23.8 Å². The van der Waals surface area contributed by atoms with Crippen LogP contribution in [0.15, 0.2) is 23.1 Å². The van der Waals surface area contributed by atoms with Gasteiger partial charge in [-0.3, -0.25) is 0 Å². The fourth-order valence-corrected chi connectivity index (χ4v) is 4.31. The minimum absolute atomic E-state index is 0.215. The molecule has 0 atom stereocenters. The van der Waals surface area contributed by atoms with E-state index in [1.807, 2.05) is 12.1 Å². The van der Waals surface area contributed by atoms with Crippen molar-refractivity contribution in [3.8, 4) is 5.75 Å². The predicted octanol–water partition coefficient (Wildman–Crippen LogP) is 1.87. The van der Waals surface area contributed by atoms with E-state index in [2.05, 4.69) is 0 Å². The molecule has 1 aliphatic carbocycles. The van der Waals surface area contributed by atoms with Crippen molar-refractivity contribution in [3.63, 3.8) is 0 Å². The van der Waals surface area contributed by atoms with E-state index in [9.17, 15) is 8.42 Å². The first-order valence-corrected chi connectivity index (χ1v) is 8.41. The Bertz CT molecular complexity index is 560. The van der Waals surface area contributed by atoms with Gasteiger partial charge < -0.3 is 10.5 Å². The number of rotatable bonds is 4. The predicted molar refractivity (Wildman–Crippen MR) is 75.3 cm³/mol. The highest BCUT2D eigenvalue weighted by Crippen LogP contribution is 2.44. The molecule has 1 saturated carbocycles. The second kappa shape index (κ2) is 5.13. The zero-order valence-corrected chi connectivity index (χ0v) is 12.3. The Labute approximate surface area is 114 Å². The molecule has 0 aliphatic heterocycles.